The average Bonchev–Trinajstić information content (AvgIpc) is 2.20. The van der Waals surface area contributed by atoms with Crippen LogP contribution in [-0.4, -0.2) is 0 Å². The lowest BCUT2D eigenvalue weighted by molar-refractivity contribution is 0.630. The van der Waals surface area contributed by atoms with Crippen molar-refractivity contribution in [3.05, 3.63) is 52.8 Å². The first-order valence-corrected chi connectivity index (χ1v) is 5.27. The Morgan fingerprint density at radius 3 is 2.27 bits per heavy atom. The van der Waals surface area contributed by atoms with Crippen molar-refractivity contribution in [2.45, 2.75) is 0 Å². The van der Waals surface area contributed by atoms with Crippen LogP contribution in [0.2, 0.25) is 0 Å². The zero-order valence-corrected chi connectivity index (χ0v) is 9.46. The number of rotatable bonds is 1. The molecule has 2 aromatic carbocycles. The second kappa shape index (κ2) is 4.03. The molecule has 2 aromatic rings. The third kappa shape index (κ3) is 2.18. The summed E-state index contributed by atoms with van der Waals surface area (Å²) in [5.41, 5.74) is 7.65. The van der Waals surface area contributed by atoms with Crippen molar-refractivity contribution in [2.24, 2.45) is 0 Å². The van der Waals surface area contributed by atoms with Crippen LogP contribution in [0.3, 0.4) is 0 Å². The molecule has 0 radical (unpaired) electrons. The van der Waals surface area contributed by atoms with Crippen molar-refractivity contribution in [1.82, 2.24) is 0 Å². The number of halogens is 2. The molecule has 1 nitrogen and oxygen atoms in total. The predicted molar refractivity (Wildman–Crippen MR) is 63.9 cm³/mol. The second-order valence-corrected chi connectivity index (χ2v) is 4.16. The Hall–Kier alpha value is -1.35. The molecule has 0 aromatic heterocycles. The Morgan fingerprint density at radius 1 is 1.00 bits per heavy atom. The van der Waals surface area contributed by atoms with E-state index in [1.165, 1.54) is 6.07 Å². The molecule has 0 atom stereocenters. The third-order valence-corrected chi connectivity index (χ3v) is 2.65. The average molecular weight is 266 g/mol. The minimum absolute atomic E-state index is 0.242. The molecule has 0 bridgehead atoms. The van der Waals surface area contributed by atoms with Crippen LogP contribution in [0.15, 0.2) is 46.9 Å². The Bertz CT molecular complexity index is 479. The molecule has 76 valence electrons. The van der Waals surface area contributed by atoms with Gasteiger partial charge < -0.3 is 5.73 Å². The lowest BCUT2D eigenvalue weighted by Crippen LogP contribution is -1.86. The monoisotopic (exact) mass is 265 g/mol. The van der Waals surface area contributed by atoms with Gasteiger partial charge in [0.25, 0.3) is 0 Å². The normalized spacial score (nSPS) is 10.3. The van der Waals surface area contributed by atoms with E-state index in [4.69, 9.17) is 5.73 Å². The molecule has 0 amide bonds. The predicted octanol–water partition coefficient (Wildman–Crippen LogP) is 3.84. The summed E-state index contributed by atoms with van der Waals surface area (Å²) in [5, 5.41) is 0. The minimum atomic E-state index is -0.242. The van der Waals surface area contributed by atoms with Gasteiger partial charge in [0, 0.05) is 15.7 Å². The van der Waals surface area contributed by atoms with Gasteiger partial charge in [-0.1, -0.05) is 34.1 Å². The first kappa shape index (κ1) is 10.2. The van der Waals surface area contributed by atoms with Gasteiger partial charge in [-0.3, -0.25) is 0 Å². The van der Waals surface area contributed by atoms with Crippen LogP contribution in [0.4, 0.5) is 10.1 Å². The largest absolute Gasteiger partial charge is 0.399 e. The van der Waals surface area contributed by atoms with Crippen molar-refractivity contribution in [1.29, 1.82) is 0 Å². The molecule has 0 saturated heterocycles. The van der Waals surface area contributed by atoms with Crippen molar-refractivity contribution in [3.8, 4) is 11.1 Å². The molecule has 0 aliphatic carbocycles. The van der Waals surface area contributed by atoms with Gasteiger partial charge in [-0.05, 0) is 29.8 Å². The molecule has 0 saturated carbocycles. The molecule has 2 N–H and O–H groups in total. The maximum Gasteiger partial charge on any atom is 0.132 e. The first-order chi connectivity index (χ1) is 7.16. The smallest absolute Gasteiger partial charge is 0.132 e. The second-order valence-electron chi connectivity index (χ2n) is 3.25. The van der Waals surface area contributed by atoms with Crippen molar-refractivity contribution in [2.75, 3.05) is 5.73 Å². The summed E-state index contributed by atoms with van der Waals surface area (Å²) in [4.78, 5) is 0. The summed E-state index contributed by atoms with van der Waals surface area (Å²) >= 11 is 3.22. The Balaban J connectivity index is 2.49. The van der Waals surface area contributed by atoms with E-state index in [1.54, 1.807) is 18.2 Å². The molecule has 15 heavy (non-hydrogen) atoms. The topological polar surface area (TPSA) is 26.0 Å². The Kier molecular flexibility index (Phi) is 2.73. The number of hydrogen-bond acceptors (Lipinski definition) is 1. The quantitative estimate of drug-likeness (QED) is 0.780. The van der Waals surface area contributed by atoms with Gasteiger partial charge in [-0.15, -0.1) is 0 Å². The molecular weight excluding hydrogens is 257 g/mol. The number of benzene rings is 2. The van der Waals surface area contributed by atoms with Crippen molar-refractivity contribution in [3.63, 3.8) is 0 Å². The fraction of sp³-hybridized carbons (Fsp3) is 0. The van der Waals surface area contributed by atoms with Gasteiger partial charge in [0.05, 0.1) is 0 Å². The number of anilines is 1. The molecule has 2 rings (SSSR count). The van der Waals surface area contributed by atoms with Crippen LogP contribution in [-0.2, 0) is 0 Å². The summed E-state index contributed by atoms with van der Waals surface area (Å²) in [5.74, 6) is -0.242. The van der Waals surface area contributed by atoms with Gasteiger partial charge in [0.15, 0.2) is 0 Å². The van der Waals surface area contributed by atoms with Crippen molar-refractivity contribution < 1.29 is 4.39 Å². The fourth-order valence-corrected chi connectivity index (χ4v) is 1.72. The lowest BCUT2D eigenvalue weighted by atomic mass is 10.1. The summed E-state index contributed by atoms with van der Waals surface area (Å²) in [6, 6.07) is 12.1. The van der Waals surface area contributed by atoms with E-state index in [-0.39, 0.29) is 5.82 Å². The molecule has 3 heteroatoms. The van der Waals surface area contributed by atoms with Crippen LogP contribution < -0.4 is 5.73 Å². The van der Waals surface area contributed by atoms with Gasteiger partial charge >= 0.3 is 0 Å². The van der Waals surface area contributed by atoms with Crippen molar-refractivity contribution >= 4 is 21.6 Å². The lowest BCUT2D eigenvalue weighted by Gasteiger charge is -2.04. The maximum absolute atomic E-state index is 13.6. The molecule has 0 heterocycles. The van der Waals surface area contributed by atoms with Crippen LogP contribution in [0.25, 0.3) is 11.1 Å². The van der Waals surface area contributed by atoms with Crippen LogP contribution in [0.1, 0.15) is 0 Å². The molecular formula is C12H9BrFN. The highest BCUT2D eigenvalue weighted by Gasteiger charge is 2.04. The zero-order valence-electron chi connectivity index (χ0n) is 7.87. The van der Waals surface area contributed by atoms with E-state index < -0.39 is 0 Å². The van der Waals surface area contributed by atoms with E-state index in [2.05, 4.69) is 15.9 Å². The molecule has 0 spiro atoms. The fourth-order valence-electron chi connectivity index (χ4n) is 1.39. The minimum Gasteiger partial charge on any atom is -0.399 e. The summed E-state index contributed by atoms with van der Waals surface area (Å²) < 4.78 is 14.3. The molecule has 0 unspecified atom stereocenters. The van der Waals surface area contributed by atoms with E-state index in [1.807, 2.05) is 18.2 Å². The summed E-state index contributed by atoms with van der Waals surface area (Å²) in [7, 11) is 0. The Morgan fingerprint density at radius 2 is 1.67 bits per heavy atom. The summed E-state index contributed by atoms with van der Waals surface area (Å²) in [6.07, 6.45) is 0. The van der Waals surface area contributed by atoms with Gasteiger partial charge in [0.1, 0.15) is 5.82 Å². The van der Waals surface area contributed by atoms with Gasteiger partial charge in [-0.2, -0.15) is 0 Å². The number of hydrogen-bond donors (Lipinski definition) is 1. The molecule has 0 aliphatic rings. The highest BCUT2D eigenvalue weighted by Crippen LogP contribution is 2.25. The zero-order chi connectivity index (χ0) is 10.8. The summed E-state index contributed by atoms with van der Waals surface area (Å²) in [6.45, 7) is 0. The SMILES string of the molecule is Nc1ccc(-c2ccc(Br)cc2F)cc1. The van der Waals surface area contributed by atoms with E-state index in [0.717, 1.165) is 10.0 Å². The number of nitrogen functional groups attached to an aromatic ring is 1. The van der Waals surface area contributed by atoms with E-state index in [0.29, 0.717) is 11.3 Å². The van der Waals surface area contributed by atoms with Crippen LogP contribution >= 0.6 is 15.9 Å². The van der Waals surface area contributed by atoms with E-state index in [9.17, 15) is 4.39 Å². The van der Waals surface area contributed by atoms with Gasteiger partial charge in [-0.25, -0.2) is 4.39 Å². The highest BCUT2D eigenvalue weighted by molar-refractivity contribution is 9.10. The van der Waals surface area contributed by atoms with E-state index >= 15 is 0 Å². The Labute approximate surface area is 95.9 Å². The maximum atomic E-state index is 13.6. The molecule has 0 fully saturated rings. The van der Waals surface area contributed by atoms with Crippen LogP contribution in [0, 0.1) is 5.82 Å². The third-order valence-electron chi connectivity index (χ3n) is 2.15. The molecule has 0 aliphatic heterocycles. The van der Waals surface area contributed by atoms with Gasteiger partial charge in [0.2, 0.25) is 0 Å². The standard InChI is InChI=1S/C12H9BrFN/c13-9-3-6-11(12(14)7-9)8-1-4-10(15)5-2-8/h1-7H,15H2. The highest BCUT2D eigenvalue weighted by atomic mass is 79.9. The number of nitrogens with two attached hydrogens (primary N) is 1. The van der Waals surface area contributed by atoms with Crippen LogP contribution in [0.5, 0.6) is 0 Å². The first-order valence-electron chi connectivity index (χ1n) is 4.48.